The molecule has 0 atom stereocenters. The highest BCUT2D eigenvalue weighted by molar-refractivity contribution is 5.70. The zero-order valence-corrected chi connectivity index (χ0v) is 20.8. The first-order chi connectivity index (χ1) is 15.2. The van der Waals surface area contributed by atoms with Gasteiger partial charge in [0, 0.05) is 28.8 Å². The Balaban J connectivity index is 1.79. The van der Waals surface area contributed by atoms with E-state index in [0.717, 1.165) is 12.1 Å². The van der Waals surface area contributed by atoms with Crippen LogP contribution in [0.2, 0.25) is 0 Å². The maximum atomic E-state index is 4.37. The number of hydrogen-bond donors (Lipinski definition) is 0. The highest BCUT2D eigenvalue weighted by Crippen LogP contribution is 2.47. The van der Waals surface area contributed by atoms with Crippen molar-refractivity contribution >= 4 is 5.69 Å². The van der Waals surface area contributed by atoms with Gasteiger partial charge in [-0.2, -0.15) is 0 Å². The molecule has 3 rings (SSSR count). The van der Waals surface area contributed by atoms with Crippen molar-refractivity contribution in [3.63, 3.8) is 0 Å². The second kappa shape index (κ2) is 9.77. The van der Waals surface area contributed by atoms with Crippen molar-refractivity contribution in [3.05, 3.63) is 113 Å². The molecule has 0 spiro atoms. The average Bonchev–Trinajstić information content (AvgIpc) is 2.98. The quantitative estimate of drug-likeness (QED) is 0.384. The number of anilines is 1. The van der Waals surface area contributed by atoms with E-state index in [4.69, 9.17) is 0 Å². The Labute approximate surface area is 195 Å². The van der Waals surface area contributed by atoms with Gasteiger partial charge >= 0.3 is 0 Å². The molecule has 2 aromatic carbocycles. The minimum atomic E-state index is -0.0970. The van der Waals surface area contributed by atoms with Crippen molar-refractivity contribution < 1.29 is 0 Å². The van der Waals surface area contributed by atoms with Crippen LogP contribution in [0, 0.1) is 6.92 Å². The molecule has 0 saturated heterocycles. The van der Waals surface area contributed by atoms with Crippen molar-refractivity contribution in [1.29, 1.82) is 0 Å². The van der Waals surface area contributed by atoms with Gasteiger partial charge in [0.05, 0.1) is 0 Å². The summed E-state index contributed by atoms with van der Waals surface area (Å²) in [6.45, 7) is 19.0. The van der Waals surface area contributed by atoms with Gasteiger partial charge in [-0.1, -0.05) is 114 Å². The molecule has 2 aromatic rings. The van der Waals surface area contributed by atoms with Crippen LogP contribution < -0.4 is 4.90 Å². The Morgan fingerprint density at radius 1 is 1.00 bits per heavy atom. The van der Waals surface area contributed by atoms with E-state index in [-0.39, 0.29) is 10.8 Å². The number of nitrogens with zero attached hydrogens (tertiary/aromatic N) is 1. The number of hydrogen-bond acceptors (Lipinski definition) is 1. The molecule has 0 radical (unpaired) electrons. The molecule has 0 N–H and O–H groups in total. The summed E-state index contributed by atoms with van der Waals surface area (Å²) in [5.41, 5.74) is 7.81. The molecule has 0 saturated carbocycles. The van der Waals surface area contributed by atoms with Crippen molar-refractivity contribution in [1.82, 2.24) is 0 Å². The Bertz CT molecular complexity index is 1050. The molecule has 168 valence electrons. The Morgan fingerprint density at radius 3 is 2.41 bits per heavy atom. The number of rotatable bonds is 8. The first-order valence-electron chi connectivity index (χ1n) is 11.9. The van der Waals surface area contributed by atoms with E-state index >= 15 is 0 Å². The van der Waals surface area contributed by atoms with Crippen LogP contribution in [0.4, 0.5) is 5.69 Å². The molecule has 1 aliphatic rings. The van der Waals surface area contributed by atoms with Crippen LogP contribution in [0.25, 0.3) is 0 Å². The summed E-state index contributed by atoms with van der Waals surface area (Å²) in [5, 5.41) is 0. The van der Waals surface area contributed by atoms with Crippen LogP contribution in [0.3, 0.4) is 0 Å². The van der Waals surface area contributed by atoms with E-state index < -0.39 is 0 Å². The van der Waals surface area contributed by atoms with Gasteiger partial charge in [0.15, 0.2) is 0 Å². The predicted octanol–water partition coefficient (Wildman–Crippen LogP) is 8.42. The zero-order valence-electron chi connectivity index (χ0n) is 20.8. The molecule has 0 amide bonds. The van der Waals surface area contributed by atoms with Gasteiger partial charge in [-0.25, -0.2) is 0 Å². The van der Waals surface area contributed by atoms with Gasteiger partial charge in [0.1, 0.15) is 0 Å². The Morgan fingerprint density at radius 2 is 1.69 bits per heavy atom. The first-order valence-corrected chi connectivity index (χ1v) is 11.9. The summed E-state index contributed by atoms with van der Waals surface area (Å²) in [5.74, 6) is 0. The highest BCUT2D eigenvalue weighted by atomic mass is 15.2. The van der Waals surface area contributed by atoms with Crippen molar-refractivity contribution in [2.75, 3.05) is 11.4 Å². The molecule has 0 aliphatic carbocycles. The topological polar surface area (TPSA) is 3.24 Å². The van der Waals surface area contributed by atoms with Crippen LogP contribution in [0.15, 0.2) is 96.8 Å². The number of aryl methyl sites for hydroxylation is 1. The second-order valence-corrected chi connectivity index (χ2v) is 9.91. The lowest BCUT2D eigenvalue weighted by Gasteiger charge is -2.28. The molecule has 0 fully saturated rings. The monoisotopic (exact) mass is 425 g/mol. The van der Waals surface area contributed by atoms with E-state index in [1.165, 1.54) is 40.9 Å². The average molecular weight is 426 g/mol. The zero-order chi connectivity index (χ0) is 23.4. The van der Waals surface area contributed by atoms with E-state index in [1.54, 1.807) is 0 Å². The summed E-state index contributed by atoms with van der Waals surface area (Å²) in [6, 6.07) is 17.4. The third kappa shape index (κ3) is 4.67. The summed E-state index contributed by atoms with van der Waals surface area (Å²) < 4.78 is 0. The summed E-state index contributed by atoms with van der Waals surface area (Å²) in [6.07, 6.45) is 13.2. The Hall–Kier alpha value is -2.80. The number of fused-ring (bicyclic) bond motifs is 1. The van der Waals surface area contributed by atoms with Crippen LogP contribution in [0.1, 0.15) is 64.2 Å². The molecular weight excluding hydrogens is 386 g/mol. The number of unbranched alkanes of at least 4 members (excludes halogenated alkanes) is 1. The van der Waals surface area contributed by atoms with Crippen molar-refractivity contribution in [3.8, 4) is 0 Å². The smallest absolute Gasteiger partial charge is 0.0450 e. The third-order valence-corrected chi connectivity index (χ3v) is 6.93. The molecule has 0 unspecified atom stereocenters. The number of benzene rings is 2. The summed E-state index contributed by atoms with van der Waals surface area (Å²) >= 11 is 0. The third-order valence-electron chi connectivity index (χ3n) is 6.93. The standard InChI is InChI=1S/C31H39N/c1-8-9-23-32-28-21-16-15-20-27(28)31(6,7)29(32)22-12-10-11-18-25(3)30(4,5)26-19-14-13-17-24(26)2/h10-22H,3,8-9,23H2,1-2,4-7H3/b12-10+,18-11+,29-22+. The van der Waals surface area contributed by atoms with Crippen LogP contribution >= 0.6 is 0 Å². The normalized spacial score (nSPS) is 16.9. The first kappa shape index (κ1) is 23.9. The molecule has 0 aromatic heterocycles. The van der Waals surface area contributed by atoms with Gasteiger partial charge in [0.2, 0.25) is 0 Å². The lowest BCUT2D eigenvalue weighted by Crippen LogP contribution is -2.26. The van der Waals surface area contributed by atoms with E-state index in [9.17, 15) is 0 Å². The van der Waals surface area contributed by atoms with Crippen LogP contribution in [0.5, 0.6) is 0 Å². The summed E-state index contributed by atoms with van der Waals surface area (Å²) in [4.78, 5) is 2.51. The predicted molar refractivity (Wildman–Crippen MR) is 141 cm³/mol. The number of para-hydroxylation sites is 1. The van der Waals surface area contributed by atoms with Crippen molar-refractivity contribution in [2.24, 2.45) is 0 Å². The van der Waals surface area contributed by atoms with E-state index in [1.807, 2.05) is 0 Å². The van der Waals surface area contributed by atoms with E-state index in [0.29, 0.717) is 0 Å². The molecule has 1 heteroatoms. The molecule has 1 heterocycles. The lowest BCUT2D eigenvalue weighted by molar-refractivity contribution is 0.624. The maximum Gasteiger partial charge on any atom is 0.0450 e. The fourth-order valence-electron chi connectivity index (χ4n) is 4.74. The number of allylic oxidation sites excluding steroid dienone is 7. The van der Waals surface area contributed by atoms with Gasteiger partial charge in [-0.15, -0.1) is 0 Å². The molecular formula is C31H39N. The lowest BCUT2D eigenvalue weighted by atomic mass is 9.76. The minimum Gasteiger partial charge on any atom is -0.344 e. The second-order valence-electron chi connectivity index (χ2n) is 9.91. The summed E-state index contributed by atoms with van der Waals surface area (Å²) in [7, 11) is 0. The fraction of sp³-hybridized carbons (Fsp3) is 0.355. The van der Waals surface area contributed by atoms with E-state index in [2.05, 4.69) is 132 Å². The van der Waals surface area contributed by atoms with Crippen molar-refractivity contribution in [2.45, 2.75) is 65.2 Å². The highest BCUT2D eigenvalue weighted by Gasteiger charge is 2.39. The maximum absolute atomic E-state index is 4.37. The molecule has 1 nitrogen and oxygen atoms in total. The van der Waals surface area contributed by atoms with Crippen LogP contribution in [-0.4, -0.2) is 6.54 Å². The molecule has 32 heavy (non-hydrogen) atoms. The Kier molecular flexibility index (Phi) is 7.29. The largest absolute Gasteiger partial charge is 0.344 e. The van der Waals surface area contributed by atoms with Gasteiger partial charge in [0.25, 0.3) is 0 Å². The minimum absolute atomic E-state index is 0.00874. The van der Waals surface area contributed by atoms with Gasteiger partial charge in [-0.05, 0) is 47.8 Å². The fourth-order valence-corrected chi connectivity index (χ4v) is 4.74. The van der Waals surface area contributed by atoms with Crippen LogP contribution in [-0.2, 0) is 10.8 Å². The molecule has 1 aliphatic heterocycles. The van der Waals surface area contributed by atoms with Gasteiger partial charge in [-0.3, -0.25) is 0 Å². The van der Waals surface area contributed by atoms with Gasteiger partial charge < -0.3 is 4.90 Å². The molecule has 0 bridgehead atoms. The SMILES string of the molecule is C=C(/C=C/C=C/C=C1/N(CCCC)c2ccccc2C1(C)C)C(C)(C)c1ccccc1C.